The number of hydrogen-bond acceptors (Lipinski definition) is 13. The third kappa shape index (κ3) is 24.3. The Labute approximate surface area is 385 Å². The predicted molar refractivity (Wildman–Crippen MR) is 249 cm³/mol. The second kappa shape index (κ2) is 37.2. The van der Waals surface area contributed by atoms with Crippen LogP contribution in [-0.2, 0) is 23.7 Å². The lowest BCUT2D eigenvalue weighted by Crippen LogP contribution is -2.65. The third-order valence-electron chi connectivity index (χ3n) is 12.3. The Morgan fingerprint density at radius 1 is 0.547 bits per heavy atom. The van der Waals surface area contributed by atoms with Crippen LogP contribution in [-0.4, -0.2) is 140 Å². The number of nitrogens with one attached hydrogen (secondary N) is 1. The van der Waals surface area contributed by atoms with Crippen molar-refractivity contribution < 1.29 is 64.6 Å². The van der Waals surface area contributed by atoms with Gasteiger partial charge in [0.25, 0.3) is 0 Å². The quantitative estimate of drug-likeness (QED) is 0.0244. The van der Waals surface area contributed by atoms with Crippen molar-refractivity contribution in [1.29, 1.82) is 0 Å². The van der Waals surface area contributed by atoms with Gasteiger partial charge in [-0.1, -0.05) is 153 Å². The number of aliphatic hydroxyl groups is 8. The minimum atomic E-state index is -1.79. The van der Waals surface area contributed by atoms with E-state index in [9.17, 15) is 45.6 Å². The van der Waals surface area contributed by atoms with Crippen LogP contribution in [0, 0.1) is 0 Å². The molecule has 2 rings (SSSR count). The Kier molecular flexibility index (Phi) is 33.9. The normalized spacial score (nSPS) is 27.5. The summed E-state index contributed by atoms with van der Waals surface area (Å²) in [5.41, 5.74) is 0. The summed E-state index contributed by atoms with van der Waals surface area (Å²) >= 11 is 0. The summed E-state index contributed by atoms with van der Waals surface area (Å²) in [6.07, 6.45) is 24.7. The number of carbonyl (C=O) groups excluding carboxylic acids is 1. The summed E-state index contributed by atoms with van der Waals surface area (Å²) < 4.78 is 22.6. The lowest BCUT2D eigenvalue weighted by Gasteiger charge is -2.46. The Hall–Kier alpha value is -1.79. The molecule has 14 nitrogen and oxygen atoms in total. The van der Waals surface area contributed by atoms with Crippen LogP contribution in [0.25, 0.3) is 0 Å². The highest BCUT2D eigenvalue weighted by Crippen LogP contribution is 2.30. The molecular weight excluding hydrogens is 823 g/mol. The Morgan fingerprint density at radius 3 is 1.53 bits per heavy atom. The maximum Gasteiger partial charge on any atom is 0.220 e. The molecular formula is C50H91NO13. The molecule has 0 saturated carbocycles. The molecule has 0 bridgehead atoms. The summed E-state index contributed by atoms with van der Waals surface area (Å²) in [7, 11) is 0. The van der Waals surface area contributed by atoms with Crippen molar-refractivity contribution in [3.05, 3.63) is 36.5 Å². The van der Waals surface area contributed by atoms with Crippen molar-refractivity contribution in [3.63, 3.8) is 0 Å². The topological polar surface area (TPSA) is 228 Å². The molecule has 0 radical (unpaired) electrons. The molecule has 2 fully saturated rings. The van der Waals surface area contributed by atoms with Crippen molar-refractivity contribution in [3.8, 4) is 0 Å². The standard InChI is InChI=1S/C50H91NO13/c1-3-5-7-9-11-13-15-17-19-20-22-24-26-28-30-32-34-42(55)51-38(39(54)33-31-29-27-25-23-21-18-16-14-12-10-8-6-4-2)37-61-49-47(60)45(58)48(41(36-53)63-49)64-50-46(59)44(57)43(56)40(35-52)62-50/h19-20,23,25,31,33,38-41,43-50,52-54,56-60H,3-18,21-22,24,26-30,32,34-37H2,1-2H3,(H,51,55)/b20-19-,25-23+,33-31+. The molecule has 374 valence electrons. The Morgan fingerprint density at radius 2 is 1.00 bits per heavy atom. The van der Waals surface area contributed by atoms with E-state index < -0.39 is 86.8 Å². The monoisotopic (exact) mass is 914 g/mol. The predicted octanol–water partition coefficient (Wildman–Crippen LogP) is 6.32. The van der Waals surface area contributed by atoms with Gasteiger partial charge in [0.1, 0.15) is 48.8 Å². The number of rotatable bonds is 38. The van der Waals surface area contributed by atoms with Gasteiger partial charge in [0.05, 0.1) is 32.0 Å². The fraction of sp³-hybridized carbons (Fsp3) is 0.860. The summed E-state index contributed by atoms with van der Waals surface area (Å²) in [6, 6.07) is -0.933. The minimum Gasteiger partial charge on any atom is -0.394 e. The van der Waals surface area contributed by atoms with Gasteiger partial charge < -0.3 is 65.1 Å². The molecule has 14 heteroatoms. The Bertz CT molecular complexity index is 1220. The van der Waals surface area contributed by atoms with Gasteiger partial charge in [-0.2, -0.15) is 0 Å². The molecule has 9 N–H and O–H groups in total. The summed E-state index contributed by atoms with van der Waals surface area (Å²) in [6.45, 7) is 2.74. The van der Waals surface area contributed by atoms with Crippen molar-refractivity contribution in [2.45, 2.75) is 254 Å². The van der Waals surface area contributed by atoms with E-state index in [0.29, 0.717) is 12.8 Å². The second-order valence-electron chi connectivity index (χ2n) is 17.9. The number of aliphatic hydroxyl groups excluding tert-OH is 8. The van der Waals surface area contributed by atoms with Gasteiger partial charge in [-0.15, -0.1) is 0 Å². The fourth-order valence-electron chi connectivity index (χ4n) is 8.12. The van der Waals surface area contributed by atoms with E-state index in [1.165, 1.54) is 96.3 Å². The van der Waals surface area contributed by atoms with Crippen LogP contribution in [0.4, 0.5) is 0 Å². The van der Waals surface area contributed by atoms with Gasteiger partial charge >= 0.3 is 0 Å². The number of hydrogen-bond donors (Lipinski definition) is 9. The zero-order valence-corrected chi connectivity index (χ0v) is 39.5. The molecule has 0 spiro atoms. The van der Waals surface area contributed by atoms with Crippen LogP contribution in [0.15, 0.2) is 36.5 Å². The molecule has 0 aromatic heterocycles. The first kappa shape index (κ1) is 58.3. The van der Waals surface area contributed by atoms with Crippen LogP contribution in [0.5, 0.6) is 0 Å². The first-order valence-electron chi connectivity index (χ1n) is 25.2. The van der Waals surface area contributed by atoms with Gasteiger partial charge in [0.15, 0.2) is 12.6 Å². The van der Waals surface area contributed by atoms with Crippen molar-refractivity contribution in [1.82, 2.24) is 5.32 Å². The molecule has 2 heterocycles. The van der Waals surface area contributed by atoms with Gasteiger partial charge in [-0.05, 0) is 57.8 Å². The van der Waals surface area contributed by atoms with E-state index in [4.69, 9.17) is 18.9 Å². The van der Waals surface area contributed by atoms with E-state index in [1.807, 2.05) is 6.08 Å². The first-order valence-corrected chi connectivity index (χ1v) is 25.2. The van der Waals surface area contributed by atoms with Crippen molar-refractivity contribution >= 4 is 5.91 Å². The number of amides is 1. The highest BCUT2D eigenvalue weighted by atomic mass is 16.7. The summed E-state index contributed by atoms with van der Waals surface area (Å²) in [5, 5.41) is 86.6. The summed E-state index contributed by atoms with van der Waals surface area (Å²) in [4.78, 5) is 13.1. The Balaban J connectivity index is 1.88. The fourth-order valence-corrected chi connectivity index (χ4v) is 8.12. The average Bonchev–Trinajstić information content (AvgIpc) is 3.29. The minimum absolute atomic E-state index is 0.260. The molecule has 2 saturated heterocycles. The molecule has 1 amide bonds. The molecule has 0 aliphatic carbocycles. The zero-order chi connectivity index (χ0) is 46.8. The lowest BCUT2D eigenvalue weighted by atomic mass is 9.97. The van der Waals surface area contributed by atoms with Crippen LogP contribution >= 0.6 is 0 Å². The SMILES string of the molecule is CCCCCCCCC/C=C\CCCCCCCC(=O)NC(COC1OC(CO)C(OC2OC(CO)C(O)C(O)C2O)C(O)C1O)C(O)/C=C/CC/C=C/CCCCCCCCCC. The molecule has 64 heavy (non-hydrogen) atoms. The molecule has 2 aliphatic rings. The summed E-state index contributed by atoms with van der Waals surface area (Å²) in [5.74, 6) is -0.260. The van der Waals surface area contributed by atoms with Crippen LogP contribution in [0.1, 0.15) is 181 Å². The molecule has 2 aliphatic heterocycles. The molecule has 12 atom stereocenters. The van der Waals surface area contributed by atoms with Gasteiger partial charge in [0, 0.05) is 6.42 Å². The van der Waals surface area contributed by atoms with E-state index >= 15 is 0 Å². The zero-order valence-electron chi connectivity index (χ0n) is 39.5. The van der Waals surface area contributed by atoms with E-state index in [-0.39, 0.29) is 18.9 Å². The smallest absolute Gasteiger partial charge is 0.220 e. The molecule has 0 aromatic carbocycles. The van der Waals surface area contributed by atoms with Crippen molar-refractivity contribution in [2.24, 2.45) is 0 Å². The second-order valence-corrected chi connectivity index (χ2v) is 17.9. The number of allylic oxidation sites excluding steroid dienone is 5. The maximum atomic E-state index is 13.1. The molecule has 0 aromatic rings. The van der Waals surface area contributed by atoms with E-state index in [0.717, 1.165) is 51.4 Å². The number of unbranched alkanes of at least 4 members (excludes halogenated alkanes) is 21. The van der Waals surface area contributed by atoms with Gasteiger partial charge in [0.2, 0.25) is 5.91 Å². The van der Waals surface area contributed by atoms with Gasteiger partial charge in [-0.25, -0.2) is 0 Å². The van der Waals surface area contributed by atoms with Crippen LogP contribution in [0.3, 0.4) is 0 Å². The number of ether oxygens (including phenoxy) is 4. The third-order valence-corrected chi connectivity index (χ3v) is 12.3. The van der Waals surface area contributed by atoms with Gasteiger partial charge in [-0.3, -0.25) is 4.79 Å². The first-order chi connectivity index (χ1) is 31.1. The maximum absolute atomic E-state index is 13.1. The van der Waals surface area contributed by atoms with Crippen molar-refractivity contribution in [2.75, 3.05) is 19.8 Å². The average molecular weight is 914 g/mol. The van der Waals surface area contributed by atoms with E-state index in [2.05, 4.69) is 43.5 Å². The number of carbonyl (C=O) groups is 1. The lowest BCUT2D eigenvalue weighted by molar-refractivity contribution is -0.359. The highest BCUT2D eigenvalue weighted by Gasteiger charge is 2.51. The van der Waals surface area contributed by atoms with Crippen LogP contribution < -0.4 is 5.32 Å². The van der Waals surface area contributed by atoms with E-state index in [1.54, 1.807) is 6.08 Å². The van der Waals surface area contributed by atoms with Crippen LogP contribution in [0.2, 0.25) is 0 Å². The largest absolute Gasteiger partial charge is 0.394 e. The highest BCUT2D eigenvalue weighted by molar-refractivity contribution is 5.76. The molecule has 12 unspecified atom stereocenters.